The van der Waals surface area contributed by atoms with E-state index in [0.717, 1.165) is 0 Å². The highest BCUT2D eigenvalue weighted by molar-refractivity contribution is 6.12. The third-order valence-electron chi connectivity index (χ3n) is 3.80. The molecule has 4 heteroatoms. The molecule has 0 saturated heterocycles. The standard InChI is InChI=1S/C17H15NO3/c1-10-11(2)16(12(3)15(9-20)14(10)8-19)17(21)13-5-4-6-18-7-13/h4-9H,1-3H3. The molecule has 0 unspecified atom stereocenters. The summed E-state index contributed by atoms with van der Waals surface area (Å²) < 4.78 is 0. The van der Waals surface area contributed by atoms with Crippen LogP contribution in [0.5, 0.6) is 0 Å². The van der Waals surface area contributed by atoms with E-state index in [0.29, 0.717) is 46.0 Å². The van der Waals surface area contributed by atoms with Gasteiger partial charge in [-0.25, -0.2) is 0 Å². The van der Waals surface area contributed by atoms with E-state index in [4.69, 9.17) is 0 Å². The van der Waals surface area contributed by atoms with Gasteiger partial charge in [0.05, 0.1) is 0 Å². The number of carbonyl (C=O) groups is 3. The SMILES string of the molecule is Cc1c(C)c(C(=O)c2cccnc2)c(C)c(C=O)c1C=O. The Morgan fingerprint density at radius 3 is 2.14 bits per heavy atom. The molecule has 4 nitrogen and oxygen atoms in total. The zero-order valence-corrected chi connectivity index (χ0v) is 12.1. The van der Waals surface area contributed by atoms with Gasteiger partial charge in [-0.05, 0) is 49.6 Å². The lowest BCUT2D eigenvalue weighted by Gasteiger charge is -2.16. The maximum atomic E-state index is 12.7. The minimum atomic E-state index is -0.193. The van der Waals surface area contributed by atoms with Crippen LogP contribution >= 0.6 is 0 Å². The highest BCUT2D eigenvalue weighted by Gasteiger charge is 2.22. The number of hydrogen-bond acceptors (Lipinski definition) is 4. The van der Waals surface area contributed by atoms with Crippen molar-refractivity contribution in [1.82, 2.24) is 4.98 Å². The Labute approximate surface area is 122 Å². The summed E-state index contributed by atoms with van der Waals surface area (Å²) in [6.07, 6.45) is 4.38. The van der Waals surface area contributed by atoms with Gasteiger partial charge in [-0.15, -0.1) is 0 Å². The van der Waals surface area contributed by atoms with Gasteiger partial charge in [0.25, 0.3) is 0 Å². The highest BCUT2D eigenvalue weighted by Crippen LogP contribution is 2.27. The summed E-state index contributed by atoms with van der Waals surface area (Å²) in [5, 5.41) is 0. The predicted octanol–water partition coefficient (Wildman–Crippen LogP) is 2.86. The topological polar surface area (TPSA) is 64.1 Å². The Bertz CT molecular complexity index is 734. The molecule has 0 amide bonds. The summed E-state index contributed by atoms with van der Waals surface area (Å²) in [7, 11) is 0. The second-order valence-corrected chi connectivity index (χ2v) is 4.88. The van der Waals surface area contributed by atoms with Crippen LogP contribution in [0.15, 0.2) is 24.5 Å². The monoisotopic (exact) mass is 281 g/mol. The first-order chi connectivity index (χ1) is 10.0. The molecule has 0 N–H and O–H groups in total. The van der Waals surface area contributed by atoms with E-state index < -0.39 is 0 Å². The van der Waals surface area contributed by atoms with Crippen LogP contribution < -0.4 is 0 Å². The molecule has 2 rings (SSSR count). The van der Waals surface area contributed by atoms with Gasteiger partial charge in [0.2, 0.25) is 0 Å². The average Bonchev–Trinajstić information content (AvgIpc) is 2.51. The van der Waals surface area contributed by atoms with Crippen LogP contribution in [0.1, 0.15) is 53.3 Å². The van der Waals surface area contributed by atoms with E-state index in [1.54, 1.807) is 39.1 Å². The van der Waals surface area contributed by atoms with Gasteiger partial charge in [-0.3, -0.25) is 19.4 Å². The van der Waals surface area contributed by atoms with Gasteiger partial charge in [0, 0.05) is 34.6 Å². The van der Waals surface area contributed by atoms with Crippen molar-refractivity contribution in [3.63, 3.8) is 0 Å². The number of benzene rings is 1. The van der Waals surface area contributed by atoms with E-state index in [1.807, 2.05) is 0 Å². The third kappa shape index (κ3) is 2.40. The summed E-state index contributed by atoms with van der Waals surface area (Å²) >= 11 is 0. The first-order valence-electron chi connectivity index (χ1n) is 6.51. The van der Waals surface area contributed by atoms with E-state index in [1.165, 1.54) is 6.20 Å². The molecule has 0 aliphatic heterocycles. The molecule has 1 heterocycles. The molecule has 0 fully saturated rings. The molecule has 0 aliphatic rings. The molecular weight excluding hydrogens is 266 g/mol. The second kappa shape index (κ2) is 5.79. The van der Waals surface area contributed by atoms with Crippen molar-refractivity contribution >= 4 is 18.4 Å². The Kier molecular flexibility index (Phi) is 4.08. The van der Waals surface area contributed by atoms with Gasteiger partial charge < -0.3 is 0 Å². The van der Waals surface area contributed by atoms with Gasteiger partial charge >= 0.3 is 0 Å². The minimum Gasteiger partial charge on any atom is -0.298 e. The average molecular weight is 281 g/mol. The lowest BCUT2D eigenvalue weighted by atomic mass is 9.86. The van der Waals surface area contributed by atoms with Gasteiger partial charge in [0.15, 0.2) is 18.4 Å². The molecule has 21 heavy (non-hydrogen) atoms. The highest BCUT2D eigenvalue weighted by atomic mass is 16.1. The molecule has 0 bridgehead atoms. The molecule has 0 aliphatic carbocycles. The molecule has 0 saturated carbocycles. The Balaban J connectivity index is 2.76. The molecule has 0 atom stereocenters. The smallest absolute Gasteiger partial charge is 0.195 e. The zero-order valence-electron chi connectivity index (χ0n) is 12.1. The third-order valence-corrected chi connectivity index (χ3v) is 3.80. The summed E-state index contributed by atoms with van der Waals surface area (Å²) in [5.74, 6) is -0.193. The summed E-state index contributed by atoms with van der Waals surface area (Å²) in [5.41, 5.74) is 3.46. The Morgan fingerprint density at radius 1 is 1.00 bits per heavy atom. The van der Waals surface area contributed by atoms with Crippen LogP contribution in [0, 0.1) is 20.8 Å². The Morgan fingerprint density at radius 2 is 1.62 bits per heavy atom. The summed E-state index contributed by atoms with van der Waals surface area (Å²) in [6.45, 7) is 5.21. The van der Waals surface area contributed by atoms with E-state index >= 15 is 0 Å². The number of ketones is 1. The van der Waals surface area contributed by atoms with Crippen LogP contribution in [0.3, 0.4) is 0 Å². The second-order valence-electron chi connectivity index (χ2n) is 4.88. The van der Waals surface area contributed by atoms with Gasteiger partial charge in [0.1, 0.15) is 0 Å². The molecular formula is C17H15NO3. The normalized spacial score (nSPS) is 10.2. The molecule has 1 aromatic heterocycles. The first-order valence-corrected chi connectivity index (χ1v) is 6.51. The first kappa shape index (κ1) is 14.8. The number of aromatic nitrogens is 1. The van der Waals surface area contributed by atoms with E-state index in [9.17, 15) is 14.4 Å². The summed E-state index contributed by atoms with van der Waals surface area (Å²) in [4.78, 5) is 39.1. The largest absolute Gasteiger partial charge is 0.298 e. The molecule has 0 radical (unpaired) electrons. The van der Waals surface area contributed by atoms with Crippen molar-refractivity contribution in [1.29, 1.82) is 0 Å². The maximum Gasteiger partial charge on any atom is 0.195 e. The Hall–Kier alpha value is -2.62. The van der Waals surface area contributed by atoms with Crippen molar-refractivity contribution in [2.45, 2.75) is 20.8 Å². The lowest BCUT2D eigenvalue weighted by Crippen LogP contribution is -2.13. The fourth-order valence-electron chi connectivity index (χ4n) is 2.50. The van der Waals surface area contributed by atoms with E-state index in [2.05, 4.69) is 4.98 Å². The van der Waals surface area contributed by atoms with Crippen LogP contribution in [0.25, 0.3) is 0 Å². The number of pyridine rings is 1. The number of nitrogens with zero attached hydrogens (tertiary/aromatic N) is 1. The van der Waals surface area contributed by atoms with Gasteiger partial charge in [-0.2, -0.15) is 0 Å². The van der Waals surface area contributed by atoms with Gasteiger partial charge in [-0.1, -0.05) is 0 Å². The molecule has 2 aromatic rings. The van der Waals surface area contributed by atoms with Crippen molar-refractivity contribution in [2.75, 3.05) is 0 Å². The fourth-order valence-corrected chi connectivity index (χ4v) is 2.50. The van der Waals surface area contributed by atoms with Crippen LogP contribution in [0.2, 0.25) is 0 Å². The number of aldehydes is 2. The lowest BCUT2D eigenvalue weighted by molar-refractivity contribution is 0.103. The number of carbonyl (C=O) groups excluding carboxylic acids is 3. The predicted molar refractivity (Wildman–Crippen MR) is 79.1 cm³/mol. The van der Waals surface area contributed by atoms with Crippen LogP contribution in [-0.2, 0) is 0 Å². The van der Waals surface area contributed by atoms with Crippen LogP contribution in [-0.4, -0.2) is 23.3 Å². The van der Waals surface area contributed by atoms with E-state index in [-0.39, 0.29) is 11.3 Å². The van der Waals surface area contributed by atoms with Crippen molar-refractivity contribution in [2.24, 2.45) is 0 Å². The van der Waals surface area contributed by atoms with Crippen molar-refractivity contribution < 1.29 is 14.4 Å². The summed E-state index contributed by atoms with van der Waals surface area (Å²) in [6, 6.07) is 3.36. The van der Waals surface area contributed by atoms with Crippen LogP contribution in [0.4, 0.5) is 0 Å². The quantitative estimate of drug-likeness (QED) is 0.638. The van der Waals surface area contributed by atoms with Crippen molar-refractivity contribution in [3.05, 3.63) is 63.5 Å². The number of hydrogen-bond donors (Lipinski definition) is 0. The maximum absolute atomic E-state index is 12.7. The van der Waals surface area contributed by atoms with Crippen molar-refractivity contribution in [3.8, 4) is 0 Å². The minimum absolute atomic E-state index is 0.193. The molecule has 0 spiro atoms. The fraction of sp³-hybridized carbons (Fsp3) is 0.176. The molecule has 106 valence electrons. The number of rotatable bonds is 4. The zero-order chi connectivity index (χ0) is 15.6. The molecule has 1 aromatic carbocycles.